The van der Waals surface area contributed by atoms with E-state index in [0.29, 0.717) is 49.6 Å². The van der Waals surface area contributed by atoms with E-state index < -0.39 is 30.7 Å². The van der Waals surface area contributed by atoms with Crippen molar-refractivity contribution in [3.63, 3.8) is 0 Å². The topological polar surface area (TPSA) is 143 Å². The van der Waals surface area contributed by atoms with Gasteiger partial charge in [-0.3, -0.25) is 14.6 Å². The van der Waals surface area contributed by atoms with Crippen molar-refractivity contribution in [1.82, 2.24) is 14.7 Å². The number of hydrogen-bond donors (Lipinski definition) is 5. The number of piperidine rings is 2. The van der Waals surface area contributed by atoms with Crippen LogP contribution in [0.1, 0.15) is 56.9 Å². The lowest BCUT2D eigenvalue weighted by Crippen LogP contribution is -2.63. The van der Waals surface area contributed by atoms with Crippen molar-refractivity contribution in [2.75, 3.05) is 85.7 Å². The maximum Gasteiger partial charge on any atom is 0.227 e. The third-order valence-corrected chi connectivity index (χ3v) is 12.2. The molecule has 6 N–H and O–H groups in total. The lowest BCUT2D eigenvalue weighted by molar-refractivity contribution is -0.931. The number of hydrogen-bond acceptors (Lipinski definition) is 9. The normalized spacial score (nSPS) is 27.5. The number of alkyl halides is 1. The van der Waals surface area contributed by atoms with E-state index in [-0.39, 0.29) is 29.7 Å². The number of aliphatic hydroxyl groups excluding tert-OH is 4. The summed E-state index contributed by atoms with van der Waals surface area (Å²) < 4.78 is 21.9. The first-order chi connectivity index (χ1) is 23.4. The average molecular weight is 713 g/mol. The molecule has 4 aliphatic rings. The fourth-order valence-corrected chi connectivity index (χ4v) is 9.18. The van der Waals surface area contributed by atoms with Gasteiger partial charge in [0.25, 0.3) is 0 Å². The van der Waals surface area contributed by atoms with E-state index in [1.54, 1.807) is 17.0 Å². The zero-order valence-electron chi connectivity index (χ0n) is 29.3. The summed E-state index contributed by atoms with van der Waals surface area (Å²) in [6, 6.07) is 4.82. The van der Waals surface area contributed by atoms with Crippen LogP contribution in [0.4, 0.5) is 4.39 Å². The van der Waals surface area contributed by atoms with E-state index in [4.69, 9.17) is 27.2 Å². The molecule has 4 heterocycles. The Morgan fingerprint density at radius 3 is 2.49 bits per heavy atom. The molecule has 1 amide bonds. The SMILES string of the molecule is C[N+]1(CC(Cl)CN)CCCC1N1CCC(CCCOc2ccc(CC(=O)N3CCC4(CC3)CN(C[C@H](O)C(O)[C@H](O)CO)C4)c(F)c2)CC1. The van der Waals surface area contributed by atoms with Gasteiger partial charge in [0, 0.05) is 71.3 Å². The molecule has 0 aliphatic carbocycles. The molecular weight excluding hydrogens is 653 g/mol. The minimum Gasteiger partial charge on any atom is -0.493 e. The van der Waals surface area contributed by atoms with Crippen LogP contribution in [-0.2, 0) is 11.2 Å². The molecular formula is C36H60ClFN5O6+. The molecule has 1 aromatic carbocycles. The Kier molecular flexibility index (Phi) is 13.6. The summed E-state index contributed by atoms with van der Waals surface area (Å²) in [7, 11) is 2.34. The monoisotopic (exact) mass is 712 g/mol. The molecule has 4 fully saturated rings. The van der Waals surface area contributed by atoms with Crippen LogP contribution in [0.3, 0.4) is 0 Å². The Balaban J connectivity index is 0.966. The first kappa shape index (κ1) is 38.6. The minimum atomic E-state index is -1.40. The summed E-state index contributed by atoms with van der Waals surface area (Å²) >= 11 is 6.46. The number of likely N-dealkylation sites (tertiary alicyclic amines) is 4. The number of nitrogens with two attached hydrogens (primary N) is 1. The summed E-state index contributed by atoms with van der Waals surface area (Å²) in [4.78, 5) is 19.5. The molecule has 13 heteroatoms. The number of carbonyl (C=O) groups is 1. The van der Waals surface area contributed by atoms with Crippen LogP contribution in [0, 0.1) is 17.2 Å². The number of rotatable bonds is 16. The van der Waals surface area contributed by atoms with Crippen LogP contribution < -0.4 is 10.5 Å². The Hall–Kier alpha value is -1.61. The third kappa shape index (κ3) is 9.84. The molecule has 4 unspecified atom stereocenters. The van der Waals surface area contributed by atoms with E-state index in [2.05, 4.69) is 11.9 Å². The molecule has 4 aliphatic heterocycles. The number of benzene rings is 1. The molecule has 0 saturated carbocycles. The highest BCUT2D eigenvalue weighted by Gasteiger charge is 2.46. The Morgan fingerprint density at radius 2 is 1.84 bits per heavy atom. The molecule has 1 aromatic rings. The fourth-order valence-electron chi connectivity index (χ4n) is 8.87. The van der Waals surface area contributed by atoms with Crippen molar-refractivity contribution in [3.8, 4) is 5.75 Å². The zero-order chi connectivity index (χ0) is 35.2. The summed E-state index contributed by atoms with van der Waals surface area (Å²) in [5.74, 6) is 0.672. The summed E-state index contributed by atoms with van der Waals surface area (Å²) in [6.45, 7) is 7.72. The maximum absolute atomic E-state index is 15.0. The molecule has 5 rings (SSSR count). The van der Waals surface area contributed by atoms with Crippen LogP contribution >= 0.6 is 11.6 Å². The predicted molar refractivity (Wildman–Crippen MR) is 187 cm³/mol. The number of β-amino-alcohol motifs (C(OH)–C–C–N with tert-alkyl or cyclic N) is 1. The minimum absolute atomic E-state index is 0.0135. The van der Waals surface area contributed by atoms with Crippen molar-refractivity contribution >= 4 is 17.5 Å². The molecule has 49 heavy (non-hydrogen) atoms. The molecule has 0 radical (unpaired) electrons. The smallest absolute Gasteiger partial charge is 0.227 e. The van der Waals surface area contributed by atoms with E-state index >= 15 is 4.39 Å². The third-order valence-electron chi connectivity index (χ3n) is 11.9. The largest absolute Gasteiger partial charge is 0.493 e. The van der Waals surface area contributed by atoms with Crippen molar-refractivity contribution in [2.45, 2.75) is 87.6 Å². The van der Waals surface area contributed by atoms with Gasteiger partial charge in [0.1, 0.15) is 29.9 Å². The second kappa shape index (κ2) is 17.3. The van der Waals surface area contributed by atoms with E-state index in [9.17, 15) is 20.1 Å². The van der Waals surface area contributed by atoms with Gasteiger partial charge in [-0.05, 0) is 61.5 Å². The molecule has 0 aromatic heterocycles. The van der Waals surface area contributed by atoms with Gasteiger partial charge in [-0.1, -0.05) is 6.07 Å². The van der Waals surface area contributed by atoms with Crippen molar-refractivity contribution in [3.05, 3.63) is 29.6 Å². The number of quaternary nitrogens is 1. The van der Waals surface area contributed by atoms with E-state index in [0.717, 1.165) is 62.9 Å². The Bertz CT molecular complexity index is 1210. The van der Waals surface area contributed by atoms with Gasteiger partial charge in [0.05, 0.1) is 51.3 Å². The number of halogens is 2. The van der Waals surface area contributed by atoms with Crippen LogP contribution in [0.25, 0.3) is 0 Å². The molecule has 6 atom stereocenters. The number of ether oxygens (including phenoxy) is 1. The zero-order valence-corrected chi connectivity index (χ0v) is 30.0. The summed E-state index contributed by atoms with van der Waals surface area (Å²) in [5, 5.41) is 38.6. The van der Waals surface area contributed by atoms with Crippen LogP contribution in [0.5, 0.6) is 5.75 Å². The highest BCUT2D eigenvalue weighted by atomic mass is 35.5. The van der Waals surface area contributed by atoms with Crippen molar-refractivity contribution in [2.24, 2.45) is 17.1 Å². The Morgan fingerprint density at radius 1 is 1.12 bits per heavy atom. The van der Waals surface area contributed by atoms with Gasteiger partial charge in [0.15, 0.2) is 0 Å². The van der Waals surface area contributed by atoms with Gasteiger partial charge in [-0.2, -0.15) is 0 Å². The number of aliphatic hydroxyl groups is 4. The molecule has 278 valence electrons. The van der Waals surface area contributed by atoms with E-state index in [1.807, 2.05) is 4.90 Å². The molecule has 1 spiro atoms. The number of amides is 1. The standard InChI is InChI=1S/C36H60ClFN5O6/c1-43(22-28(37)20-39)16-2-5-33(43)41-12-8-26(9-13-41)4-3-17-49-29-7-6-27(30(38)19-29)18-34(47)42-14-10-36(11-15-42)24-40(25-36)21-31(45)35(48)32(46)23-44/h6-7,19,26,28,31-33,35,44-46,48H,2-5,8-18,20-25,39H2,1H3/q+1/t28?,31-,32+,33?,35?,43?/m0/s1. The first-order valence-corrected chi connectivity index (χ1v) is 18.9. The van der Waals surface area contributed by atoms with Crippen LogP contribution in [0.15, 0.2) is 18.2 Å². The lowest BCUT2D eigenvalue weighted by atomic mass is 9.71. The second-order valence-electron chi connectivity index (χ2n) is 15.6. The predicted octanol–water partition coefficient (Wildman–Crippen LogP) is 1.37. The molecule has 0 bridgehead atoms. The van der Waals surface area contributed by atoms with Gasteiger partial charge in [0.2, 0.25) is 5.91 Å². The molecule has 11 nitrogen and oxygen atoms in total. The van der Waals surface area contributed by atoms with Crippen LogP contribution in [-0.4, -0.2) is 161 Å². The van der Waals surface area contributed by atoms with Gasteiger partial charge < -0.3 is 40.3 Å². The van der Waals surface area contributed by atoms with E-state index in [1.165, 1.54) is 38.3 Å². The quantitative estimate of drug-likeness (QED) is 0.0977. The average Bonchev–Trinajstić information content (AvgIpc) is 3.47. The molecule has 4 saturated heterocycles. The van der Waals surface area contributed by atoms with Gasteiger partial charge in [-0.15, -0.1) is 11.6 Å². The van der Waals surface area contributed by atoms with Gasteiger partial charge >= 0.3 is 0 Å². The van der Waals surface area contributed by atoms with Crippen LogP contribution in [0.2, 0.25) is 0 Å². The Labute approximate surface area is 296 Å². The maximum atomic E-state index is 15.0. The highest BCUT2D eigenvalue weighted by Crippen LogP contribution is 2.41. The lowest BCUT2D eigenvalue weighted by Gasteiger charge is -2.54. The summed E-state index contributed by atoms with van der Waals surface area (Å²) in [5.41, 5.74) is 6.26. The fraction of sp³-hybridized carbons (Fsp3) is 0.806. The second-order valence-corrected chi connectivity index (χ2v) is 16.2. The van der Waals surface area contributed by atoms with Crippen molar-refractivity contribution < 1.29 is 38.8 Å². The number of nitrogens with zero attached hydrogens (tertiary/aromatic N) is 4. The first-order valence-electron chi connectivity index (χ1n) is 18.4. The van der Waals surface area contributed by atoms with Gasteiger partial charge in [-0.25, -0.2) is 4.39 Å². The van der Waals surface area contributed by atoms with Crippen molar-refractivity contribution in [1.29, 1.82) is 0 Å². The number of carbonyl (C=O) groups excluding carboxylic acids is 1. The summed E-state index contributed by atoms with van der Waals surface area (Å²) in [6.07, 6.45) is 5.18. The highest BCUT2D eigenvalue weighted by molar-refractivity contribution is 6.20.